The lowest BCUT2D eigenvalue weighted by atomic mass is 10.0. The van der Waals surface area contributed by atoms with Gasteiger partial charge in [-0.05, 0) is 37.1 Å². The summed E-state index contributed by atoms with van der Waals surface area (Å²) in [4.78, 5) is 34.0. The van der Waals surface area contributed by atoms with E-state index in [-0.39, 0.29) is 23.8 Å². The van der Waals surface area contributed by atoms with Crippen LogP contribution in [0.2, 0.25) is 0 Å². The summed E-state index contributed by atoms with van der Waals surface area (Å²) in [6.07, 6.45) is -1.40. The highest BCUT2D eigenvalue weighted by Gasteiger charge is 2.33. The van der Waals surface area contributed by atoms with Crippen molar-refractivity contribution >= 4 is 39.1 Å². The third-order valence-corrected chi connectivity index (χ3v) is 6.44. The van der Waals surface area contributed by atoms with E-state index in [1.165, 1.54) is 18.2 Å². The molecule has 10 heteroatoms. The Morgan fingerprint density at radius 2 is 1.69 bits per heavy atom. The first-order valence-corrected chi connectivity index (χ1v) is 11.6. The number of nitrogens with zero attached hydrogens (tertiary/aromatic N) is 2. The van der Waals surface area contributed by atoms with Gasteiger partial charge in [-0.2, -0.15) is 13.2 Å². The van der Waals surface area contributed by atoms with Crippen LogP contribution in [0.1, 0.15) is 18.4 Å². The minimum atomic E-state index is -4.54. The Morgan fingerprint density at radius 1 is 1.00 bits per heavy atom. The number of hydrogen-bond donors (Lipinski definition) is 3. The summed E-state index contributed by atoms with van der Waals surface area (Å²) in [5.41, 5.74) is 0.0950. The van der Waals surface area contributed by atoms with Crippen molar-refractivity contribution in [2.24, 2.45) is 0 Å². The lowest BCUT2D eigenvalue weighted by molar-refractivity contribution is -0.137. The Kier molecular flexibility index (Phi) is 6.36. The molecule has 4 aromatic rings. The van der Waals surface area contributed by atoms with Crippen LogP contribution in [-0.2, 0) is 11.0 Å². The van der Waals surface area contributed by atoms with Crippen molar-refractivity contribution in [3.05, 3.63) is 76.7 Å². The monoisotopic (exact) mass is 495 g/mol. The Labute approximate surface area is 204 Å². The van der Waals surface area contributed by atoms with Crippen LogP contribution in [0.3, 0.4) is 0 Å². The second-order valence-electron chi connectivity index (χ2n) is 8.87. The maximum Gasteiger partial charge on any atom is 0.418 e. The van der Waals surface area contributed by atoms with Crippen molar-refractivity contribution in [1.29, 1.82) is 0 Å². The molecule has 186 valence electrons. The Bertz CT molecular complexity index is 1480. The van der Waals surface area contributed by atoms with Gasteiger partial charge in [0.25, 0.3) is 5.56 Å². The van der Waals surface area contributed by atoms with E-state index in [2.05, 4.69) is 20.6 Å². The van der Waals surface area contributed by atoms with Crippen LogP contribution in [0.25, 0.3) is 21.8 Å². The molecule has 0 unspecified atom stereocenters. The average Bonchev–Trinajstić information content (AvgIpc) is 2.85. The number of pyridine rings is 2. The molecule has 36 heavy (non-hydrogen) atoms. The van der Waals surface area contributed by atoms with Crippen LogP contribution >= 0.6 is 0 Å². The molecule has 2 aromatic heterocycles. The normalized spacial score (nSPS) is 15.3. The number of nitrogens with one attached hydrogen (secondary N) is 3. The zero-order valence-corrected chi connectivity index (χ0v) is 19.2. The van der Waals surface area contributed by atoms with Crippen molar-refractivity contribution in [1.82, 2.24) is 14.9 Å². The molecule has 1 fully saturated rings. The number of likely N-dealkylation sites (tertiary alicyclic amines) is 1. The number of anilines is 2. The van der Waals surface area contributed by atoms with E-state index >= 15 is 0 Å². The lowest BCUT2D eigenvalue weighted by Crippen LogP contribution is -2.42. The molecular weight excluding hydrogens is 471 g/mol. The number of aromatic nitrogens is 2. The number of carbonyl (C=O) groups is 1. The average molecular weight is 496 g/mol. The molecule has 1 aliphatic heterocycles. The van der Waals surface area contributed by atoms with E-state index in [9.17, 15) is 22.8 Å². The third kappa shape index (κ3) is 4.90. The van der Waals surface area contributed by atoms with Crippen molar-refractivity contribution in [2.75, 3.05) is 30.3 Å². The van der Waals surface area contributed by atoms with Crippen LogP contribution in [0, 0.1) is 0 Å². The van der Waals surface area contributed by atoms with Gasteiger partial charge < -0.3 is 15.6 Å². The van der Waals surface area contributed by atoms with Gasteiger partial charge in [0.2, 0.25) is 5.91 Å². The second kappa shape index (κ2) is 9.62. The molecule has 5 rings (SSSR count). The molecule has 0 bridgehead atoms. The molecule has 3 N–H and O–H groups in total. The number of rotatable bonds is 5. The number of H-pyrrole nitrogens is 1. The third-order valence-electron chi connectivity index (χ3n) is 6.44. The predicted octanol–water partition coefficient (Wildman–Crippen LogP) is 4.61. The van der Waals surface area contributed by atoms with E-state index in [0.29, 0.717) is 24.1 Å². The first-order valence-electron chi connectivity index (χ1n) is 11.6. The largest absolute Gasteiger partial charge is 0.418 e. The summed E-state index contributed by atoms with van der Waals surface area (Å²) in [5.74, 6) is -0.478. The molecule has 0 radical (unpaired) electrons. The Morgan fingerprint density at radius 3 is 2.44 bits per heavy atom. The van der Waals surface area contributed by atoms with Crippen molar-refractivity contribution in [2.45, 2.75) is 25.1 Å². The molecule has 1 saturated heterocycles. The predicted molar refractivity (Wildman–Crippen MR) is 133 cm³/mol. The van der Waals surface area contributed by atoms with Crippen molar-refractivity contribution in [3.8, 4) is 0 Å². The zero-order chi connectivity index (χ0) is 25.3. The number of benzene rings is 2. The molecule has 0 saturated carbocycles. The van der Waals surface area contributed by atoms with Crippen molar-refractivity contribution < 1.29 is 18.0 Å². The molecule has 2 aromatic carbocycles. The van der Waals surface area contributed by atoms with E-state index < -0.39 is 17.6 Å². The quantitative estimate of drug-likeness (QED) is 0.352. The number of carbonyl (C=O) groups excluding carboxylic acids is 1. The summed E-state index contributed by atoms with van der Waals surface area (Å²) in [6, 6.07) is 14.4. The van der Waals surface area contributed by atoms with Gasteiger partial charge in [-0.15, -0.1) is 0 Å². The summed E-state index contributed by atoms with van der Waals surface area (Å²) in [5, 5.41) is 8.22. The Hall–Kier alpha value is -3.92. The minimum absolute atomic E-state index is 0.0168. The van der Waals surface area contributed by atoms with Gasteiger partial charge in [0.1, 0.15) is 5.65 Å². The molecule has 3 heterocycles. The zero-order valence-electron chi connectivity index (χ0n) is 19.2. The fourth-order valence-electron chi connectivity index (χ4n) is 4.71. The first-order chi connectivity index (χ1) is 17.3. The van der Waals surface area contributed by atoms with Gasteiger partial charge in [-0.3, -0.25) is 14.5 Å². The highest BCUT2D eigenvalue weighted by molar-refractivity contribution is 6.10. The summed E-state index contributed by atoms with van der Waals surface area (Å²) >= 11 is 0. The molecule has 0 spiro atoms. The highest BCUT2D eigenvalue weighted by atomic mass is 19.4. The van der Waals surface area contributed by atoms with Gasteiger partial charge in [0.15, 0.2) is 0 Å². The van der Waals surface area contributed by atoms with Crippen LogP contribution < -0.4 is 16.2 Å². The maximum absolute atomic E-state index is 13.2. The molecular formula is C26H24F3N5O2. The lowest BCUT2D eigenvalue weighted by Gasteiger charge is -2.32. The topological polar surface area (TPSA) is 90.1 Å². The number of hydrogen-bond acceptors (Lipinski definition) is 5. The van der Waals surface area contributed by atoms with Gasteiger partial charge in [-0.1, -0.05) is 30.3 Å². The molecule has 7 nitrogen and oxygen atoms in total. The number of para-hydroxylation sites is 1. The summed E-state index contributed by atoms with van der Waals surface area (Å²) in [7, 11) is 0. The number of amides is 1. The summed E-state index contributed by atoms with van der Waals surface area (Å²) < 4.78 is 39.6. The number of halogens is 3. The van der Waals surface area contributed by atoms with Crippen LogP contribution in [0.5, 0.6) is 0 Å². The summed E-state index contributed by atoms with van der Waals surface area (Å²) in [6.45, 7) is 1.25. The smallest absolute Gasteiger partial charge is 0.382 e. The van der Waals surface area contributed by atoms with E-state index in [1.54, 1.807) is 12.3 Å². The van der Waals surface area contributed by atoms with Crippen LogP contribution in [0.4, 0.5) is 24.5 Å². The standard InChI is InChI=1S/C26H24F3N5O2/c27-26(28,29)19-7-3-4-8-20(19)32-22(35)15-34-13-10-16(11-14-34)31-21-9-12-30-24-23(21)17-5-1-2-6-18(17)25(36)33-24/h1-9,12,16H,10-11,13-15H2,(H,32,35)(H2,30,31,33,36). The highest BCUT2D eigenvalue weighted by Crippen LogP contribution is 2.34. The fourth-order valence-corrected chi connectivity index (χ4v) is 4.71. The molecule has 1 amide bonds. The second-order valence-corrected chi connectivity index (χ2v) is 8.87. The number of fused-ring (bicyclic) bond motifs is 3. The SMILES string of the molecule is O=C(CN1CCC(Nc2ccnc3[nH]c(=O)c4ccccc4c23)CC1)Nc1ccccc1C(F)(F)F. The molecule has 1 aliphatic rings. The fraction of sp³-hybridized carbons (Fsp3) is 0.269. The van der Waals surface area contributed by atoms with Gasteiger partial charge in [0, 0.05) is 47.2 Å². The molecule has 0 aliphatic carbocycles. The van der Waals surface area contributed by atoms with Gasteiger partial charge >= 0.3 is 6.18 Å². The van der Waals surface area contributed by atoms with E-state index in [4.69, 9.17) is 0 Å². The first kappa shape index (κ1) is 23.8. The Balaban J connectivity index is 1.24. The van der Waals surface area contributed by atoms with Crippen molar-refractivity contribution in [3.63, 3.8) is 0 Å². The number of alkyl halides is 3. The maximum atomic E-state index is 13.2. The van der Waals surface area contributed by atoms with Crippen LogP contribution in [0.15, 0.2) is 65.6 Å². The van der Waals surface area contributed by atoms with Gasteiger partial charge in [0.05, 0.1) is 17.8 Å². The van der Waals surface area contributed by atoms with Gasteiger partial charge in [-0.25, -0.2) is 4.98 Å². The number of aromatic amines is 1. The van der Waals surface area contributed by atoms with Crippen LogP contribution in [-0.4, -0.2) is 46.5 Å². The number of piperidine rings is 1. The minimum Gasteiger partial charge on any atom is -0.382 e. The molecule has 0 atom stereocenters. The van der Waals surface area contributed by atoms with E-state index in [0.717, 1.165) is 35.4 Å². The van der Waals surface area contributed by atoms with E-state index in [1.807, 2.05) is 29.2 Å².